The summed E-state index contributed by atoms with van der Waals surface area (Å²) in [5, 5.41) is -0.555. The Morgan fingerprint density at radius 3 is 2.43 bits per heavy atom. The summed E-state index contributed by atoms with van der Waals surface area (Å²) in [4.78, 5) is 14.2. The van der Waals surface area contributed by atoms with Gasteiger partial charge in [0, 0.05) is 12.6 Å². The van der Waals surface area contributed by atoms with Gasteiger partial charge in [0.25, 0.3) is 0 Å². The lowest BCUT2D eigenvalue weighted by atomic mass is 10.0. The number of hydrogen-bond acceptors (Lipinski definition) is 4. The van der Waals surface area contributed by atoms with E-state index in [0.29, 0.717) is 0 Å². The van der Waals surface area contributed by atoms with Crippen LogP contribution >= 0.6 is 0 Å². The van der Waals surface area contributed by atoms with Gasteiger partial charge in [-0.15, -0.1) is 0 Å². The van der Waals surface area contributed by atoms with E-state index in [9.17, 15) is 13.2 Å². The molecule has 116 valence electrons. The quantitative estimate of drug-likeness (QED) is 0.884. The maximum atomic E-state index is 12.6. The molecule has 0 spiro atoms. The lowest BCUT2D eigenvalue weighted by Gasteiger charge is -2.38. The van der Waals surface area contributed by atoms with Gasteiger partial charge in [0.1, 0.15) is 6.04 Å². The highest BCUT2D eigenvalue weighted by molar-refractivity contribution is 7.92. The van der Waals surface area contributed by atoms with Crippen LogP contribution in [0.15, 0.2) is 24.3 Å². The van der Waals surface area contributed by atoms with Gasteiger partial charge in [-0.05, 0) is 26.3 Å². The summed E-state index contributed by atoms with van der Waals surface area (Å²) in [6, 6.07) is 6.40. The zero-order chi connectivity index (χ0) is 15.8. The number of rotatable bonds is 2. The third-order valence-electron chi connectivity index (χ3n) is 4.34. The second-order valence-corrected chi connectivity index (χ2v) is 8.21. The summed E-state index contributed by atoms with van der Waals surface area (Å²) in [7, 11) is -3.11. The molecule has 0 radical (unpaired) electrons. The lowest BCUT2D eigenvalue weighted by Crippen LogP contribution is -2.56. The average molecular weight is 310 g/mol. The predicted octanol–water partition coefficient (Wildman–Crippen LogP) is 1.03. The van der Waals surface area contributed by atoms with Crippen LogP contribution in [0.1, 0.15) is 31.0 Å². The minimum absolute atomic E-state index is 0.00483. The van der Waals surface area contributed by atoms with Crippen molar-refractivity contribution in [2.75, 3.05) is 12.3 Å². The molecule has 3 atom stereocenters. The molecule has 0 bridgehead atoms. The van der Waals surface area contributed by atoms with E-state index in [4.69, 9.17) is 5.73 Å². The summed E-state index contributed by atoms with van der Waals surface area (Å²) in [6.45, 7) is 5.60. The average Bonchev–Trinajstić information content (AvgIpc) is 2.44. The molecule has 1 amide bonds. The van der Waals surface area contributed by atoms with Crippen LogP contribution in [0, 0.1) is 6.92 Å². The first-order valence-corrected chi connectivity index (χ1v) is 8.80. The number of aryl methyl sites for hydroxylation is 1. The molecule has 1 aromatic carbocycles. The summed E-state index contributed by atoms with van der Waals surface area (Å²) in [5.41, 5.74) is 7.90. The fraction of sp³-hybridized carbons (Fsp3) is 0.533. The molecule has 3 unspecified atom stereocenters. The highest BCUT2D eigenvalue weighted by Gasteiger charge is 2.39. The van der Waals surface area contributed by atoms with E-state index in [1.54, 1.807) is 18.7 Å². The third-order valence-corrected chi connectivity index (χ3v) is 6.62. The van der Waals surface area contributed by atoms with Crippen molar-refractivity contribution in [2.45, 2.75) is 38.1 Å². The molecule has 2 N–H and O–H groups in total. The first kappa shape index (κ1) is 16.0. The van der Waals surface area contributed by atoms with Gasteiger partial charge in [0.2, 0.25) is 5.91 Å². The molecular weight excluding hydrogens is 288 g/mol. The van der Waals surface area contributed by atoms with Crippen LogP contribution in [0.5, 0.6) is 0 Å². The molecule has 5 nitrogen and oxygen atoms in total. The van der Waals surface area contributed by atoms with Crippen LogP contribution in [-0.4, -0.2) is 42.8 Å². The van der Waals surface area contributed by atoms with Gasteiger partial charge in [-0.3, -0.25) is 4.79 Å². The smallest absolute Gasteiger partial charge is 0.244 e. The molecule has 1 heterocycles. The van der Waals surface area contributed by atoms with Crippen molar-refractivity contribution in [2.24, 2.45) is 5.73 Å². The SMILES string of the molecule is Cc1ccc(C(N)C(=O)N2CCS(=O)(=O)C(C)C2C)cc1. The Hall–Kier alpha value is -1.40. The maximum absolute atomic E-state index is 12.6. The van der Waals surface area contributed by atoms with Crippen LogP contribution in [-0.2, 0) is 14.6 Å². The van der Waals surface area contributed by atoms with Crippen LogP contribution in [0.25, 0.3) is 0 Å². The van der Waals surface area contributed by atoms with E-state index >= 15 is 0 Å². The van der Waals surface area contributed by atoms with Gasteiger partial charge in [-0.1, -0.05) is 29.8 Å². The normalized spacial score (nSPS) is 26.4. The fourth-order valence-corrected chi connectivity index (χ4v) is 4.14. The van der Waals surface area contributed by atoms with Crippen molar-refractivity contribution in [1.82, 2.24) is 4.90 Å². The van der Waals surface area contributed by atoms with E-state index in [2.05, 4.69) is 0 Å². The van der Waals surface area contributed by atoms with E-state index in [0.717, 1.165) is 11.1 Å². The third kappa shape index (κ3) is 3.11. The van der Waals surface area contributed by atoms with Gasteiger partial charge in [-0.2, -0.15) is 0 Å². The predicted molar refractivity (Wildman–Crippen MR) is 82.5 cm³/mol. The Balaban J connectivity index is 2.18. The number of sulfone groups is 1. The minimum atomic E-state index is -3.11. The van der Waals surface area contributed by atoms with Crippen LogP contribution < -0.4 is 5.73 Å². The van der Waals surface area contributed by atoms with Crippen molar-refractivity contribution in [3.63, 3.8) is 0 Å². The Morgan fingerprint density at radius 2 is 1.86 bits per heavy atom. The summed E-state index contributed by atoms with van der Waals surface area (Å²) >= 11 is 0. The fourth-order valence-electron chi connectivity index (χ4n) is 2.57. The van der Waals surface area contributed by atoms with E-state index in [1.165, 1.54) is 0 Å². The Morgan fingerprint density at radius 1 is 1.29 bits per heavy atom. The van der Waals surface area contributed by atoms with Crippen LogP contribution in [0.3, 0.4) is 0 Å². The molecular formula is C15H22N2O3S. The topological polar surface area (TPSA) is 80.5 Å². The molecule has 0 saturated carbocycles. The highest BCUT2D eigenvalue weighted by atomic mass is 32.2. The summed E-state index contributed by atoms with van der Waals surface area (Å²) < 4.78 is 23.7. The van der Waals surface area contributed by atoms with E-state index in [1.807, 2.05) is 31.2 Å². The molecule has 21 heavy (non-hydrogen) atoms. The molecule has 2 rings (SSSR count). The first-order valence-electron chi connectivity index (χ1n) is 7.08. The van der Waals surface area contributed by atoms with Crippen molar-refractivity contribution in [1.29, 1.82) is 0 Å². The zero-order valence-electron chi connectivity index (χ0n) is 12.6. The Kier molecular flexibility index (Phi) is 4.39. The molecule has 1 saturated heterocycles. The van der Waals surface area contributed by atoms with Crippen molar-refractivity contribution in [3.05, 3.63) is 35.4 Å². The number of nitrogens with zero attached hydrogens (tertiary/aromatic N) is 1. The number of hydrogen-bond donors (Lipinski definition) is 1. The highest BCUT2D eigenvalue weighted by Crippen LogP contribution is 2.23. The van der Waals surface area contributed by atoms with E-state index in [-0.39, 0.29) is 24.2 Å². The second-order valence-electron chi connectivity index (χ2n) is 5.73. The maximum Gasteiger partial charge on any atom is 0.244 e. The van der Waals surface area contributed by atoms with Gasteiger partial charge >= 0.3 is 0 Å². The zero-order valence-corrected chi connectivity index (χ0v) is 13.4. The standard InChI is InChI=1S/C15H22N2O3S/c1-10-4-6-13(7-5-10)14(16)15(18)17-8-9-21(19,20)12(3)11(17)2/h4-7,11-12,14H,8-9,16H2,1-3H3. The number of carbonyl (C=O) groups is 1. The number of carbonyl (C=O) groups excluding carboxylic acids is 1. The summed E-state index contributed by atoms with van der Waals surface area (Å²) in [6.07, 6.45) is 0. The monoisotopic (exact) mass is 310 g/mol. The lowest BCUT2D eigenvalue weighted by molar-refractivity contribution is -0.134. The van der Waals surface area contributed by atoms with Gasteiger partial charge in [0.15, 0.2) is 9.84 Å². The number of nitrogens with two attached hydrogens (primary N) is 1. The molecule has 1 fully saturated rings. The van der Waals surface area contributed by atoms with Gasteiger partial charge in [-0.25, -0.2) is 8.42 Å². The van der Waals surface area contributed by atoms with Crippen LogP contribution in [0.2, 0.25) is 0 Å². The molecule has 1 aromatic rings. The van der Waals surface area contributed by atoms with Gasteiger partial charge in [0.05, 0.1) is 11.0 Å². The molecule has 0 aliphatic carbocycles. The number of amides is 1. The Labute approximate surface area is 126 Å². The van der Waals surface area contributed by atoms with Crippen molar-refractivity contribution >= 4 is 15.7 Å². The molecule has 0 aromatic heterocycles. The largest absolute Gasteiger partial charge is 0.336 e. The number of benzene rings is 1. The van der Waals surface area contributed by atoms with Crippen molar-refractivity contribution < 1.29 is 13.2 Å². The van der Waals surface area contributed by atoms with Crippen LogP contribution in [0.4, 0.5) is 0 Å². The minimum Gasteiger partial charge on any atom is -0.336 e. The van der Waals surface area contributed by atoms with Gasteiger partial charge < -0.3 is 10.6 Å². The Bertz CT molecular complexity index is 625. The summed E-state index contributed by atoms with van der Waals surface area (Å²) in [5.74, 6) is -0.210. The molecule has 1 aliphatic heterocycles. The second kappa shape index (κ2) is 5.77. The molecule has 6 heteroatoms. The molecule has 1 aliphatic rings. The van der Waals surface area contributed by atoms with E-state index < -0.39 is 21.1 Å². The van der Waals surface area contributed by atoms with Crippen molar-refractivity contribution in [3.8, 4) is 0 Å². The first-order chi connectivity index (χ1) is 9.74.